The summed E-state index contributed by atoms with van der Waals surface area (Å²) in [5.41, 5.74) is -1.01. The molecule has 4 saturated carbocycles. The lowest BCUT2D eigenvalue weighted by Gasteiger charge is -2.62. The SMILES string of the molecule is C=CC1(OC(=O)C(C)(C)CC)C2CC3CC(C2)C(CO)C1C3. The molecule has 0 heterocycles. The molecule has 4 bridgehead atoms. The first-order valence-electron chi connectivity index (χ1n) is 8.85. The molecule has 0 spiro atoms. The number of aliphatic hydroxyl groups is 1. The topological polar surface area (TPSA) is 46.5 Å². The molecule has 6 unspecified atom stereocenters. The standard InChI is InChI=1S/C19H30O3/c1-5-18(3,4)17(21)22-19(6-2)14-8-12-7-13(10-14)15(11-20)16(19)9-12/h6,12-16,20H,2,5,7-11H2,1,3-4H3. The molecule has 4 fully saturated rings. The number of hydrogen-bond donors (Lipinski definition) is 1. The van der Waals surface area contributed by atoms with Gasteiger partial charge in [0.25, 0.3) is 0 Å². The van der Waals surface area contributed by atoms with Crippen LogP contribution in [0.2, 0.25) is 0 Å². The average Bonchev–Trinajstić information content (AvgIpc) is 2.50. The van der Waals surface area contributed by atoms with Crippen LogP contribution in [0, 0.1) is 35.0 Å². The van der Waals surface area contributed by atoms with Crippen molar-refractivity contribution in [2.24, 2.45) is 35.0 Å². The summed E-state index contributed by atoms with van der Waals surface area (Å²) in [6.07, 6.45) is 7.21. The molecular weight excluding hydrogens is 276 g/mol. The smallest absolute Gasteiger partial charge is 0.312 e. The fourth-order valence-electron chi connectivity index (χ4n) is 5.32. The highest BCUT2D eigenvalue weighted by atomic mass is 16.6. The van der Waals surface area contributed by atoms with Crippen LogP contribution < -0.4 is 0 Å². The van der Waals surface area contributed by atoms with Crippen LogP contribution in [0.25, 0.3) is 0 Å². The van der Waals surface area contributed by atoms with Gasteiger partial charge in [-0.1, -0.05) is 13.5 Å². The van der Waals surface area contributed by atoms with E-state index in [0.29, 0.717) is 11.8 Å². The summed E-state index contributed by atoms with van der Waals surface area (Å²) in [5.74, 6) is 2.16. The normalized spacial score (nSPS) is 43.2. The van der Waals surface area contributed by atoms with Crippen molar-refractivity contribution in [3.63, 3.8) is 0 Å². The molecule has 22 heavy (non-hydrogen) atoms. The lowest BCUT2D eigenvalue weighted by molar-refractivity contribution is -0.218. The Morgan fingerprint density at radius 3 is 2.68 bits per heavy atom. The molecule has 4 aliphatic carbocycles. The summed E-state index contributed by atoms with van der Waals surface area (Å²) in [6.45, 7) is 10.2. The second kappa shape index (κ2) is 5.36. The third-order valence-corrected chi connectivity index (χ3v) is 7.00. The van der Waals surface area contributed by atoms with Crippen molar-refractivity contribution in [1.82, 2.24) is 0 Å². The van der Waals surface area contributed by atoms with E-state index in [1.165, 1.54) is 6.42 Å². The molecule has 3 nitrogen and oxygen atoms in total. The highest BCUT2D eigenvalue weighted by molar-refractivity contribution is 5.76. The van der Waals surface area contributed by atoms with Crippen LogP contribution in [-0.2, 0) is 9.53 Å². The van der Waals surface area contributed by atoms with Crippen LogP contribution in [0.5, 0.6) is 0 Å². The number of rotatable bonds is 5. The van der Waals surface area contributed by atoms with Gasteiger partial charge in [0.1, 0.15) is 5.60 Å². The van der Waals surface area contributed by atoms with Crippen molar-refractivity contribution in [1.29, 1.82) is 0 Å². The van der Waals surface area contributed by atoms with Crippen molar-refractivity contribution in [2.45, 2.75) is 58.5 Å². The van der Waals surface area contributed by atoms with Gasteiger partial charge in [0.2, 0.25) is 0 Å². The van der Waals surface area contributed by atoms with Crippen molar-refractivity contribution in [2.75, 3.05) is 6.61 Å². The highest BCUT2D eigenvalue weighted by Crippen LogP contribution is 2.62. The third kappa shape index (κ3) is 2.16. The molecule has 0 saturated heterocycles. The number of hydrogen-bond acceptors (Lipinski definition) is 3. The minimum atomic E-state index is -0.551. The largest absolute Gasteiger partial charge is 0.454 e. The van der Waals surface area contributed by atoms with Gasteiger partial charge in [-0.2, -0.15) is 0 Å². The predicted octanol–water partition coefficient (Wildman–Crippen LogP) is 3.57. The summed E-state index contributed by atoms with van der Waals surface area (Å²) in [4.78, 5) is 12.7. The number of carbonyl (C=O) groups excluding carboxylic acids is 1. The van der Waals surface area contributed by atoms with Crippen LogP contribution in [0.3, 0.4) is 0 Å². The second-order valence-electron chi connectivity index (χ2n) is 8.40. The van der Waals surface area contributed by atoms with Gasteiger partial charge in [0, 0.05) is 18.4 Å². The van der Waals surface area contributed by atoms with Gasteiger partial charge in [-0.25, -0.2) is 0 Å². The minimum absolute atomic E-state index is 0.112. The Bertz CT molecular complexity index is 469. The lowest BCUT2D eigenvalue weighted by atomic mass is 9.46. The quantitative estimate of drug-likeness (QED) is 0.624. The Balaban J connectivity index is 1.91. The molecule has 0 radical (unpaired) electrons. The second-order valence-corrected chi connectivity index (χ2v) is 8.40. The van der Waals surface area contributed by atoms with E-state index in [2.05, 4.69) is 6.58 Å². The molecule has 0 aromatic heterocycles. The molecule has 0 aromatic carbocycles. The van der Waals surface area contributed by atoms with Crippen molar-refractivity contribution >= 4 is 5.97 Å². The fourth-order valence-corrected chi connectivity index (χ4v) is 5.32. The van der Waals surface area contributed by atoms with Crippen LogP contribution in [0.4, 0.5) is 0 Å². The maximum Gasteiger partial charge on any atom is 0.312 e. The van der Waals surface area contributed by atoms with Gasteiger partial charge in [-0.3, -0.25) is 4.79 Å². The van der Waals surface area contributed by atoms with Gasteiger partial charge in [0.15, 0.2) is 0 Å². The van der Waals surface area contributed by atoms with E-state index in [1.54, 1.807) is 0 Å². The van der Waals surface area contributed by atoms with Crippen LogP contribution in [-0.4, -0.2) is 23.3 Å². The fraction of sp³-hybridized carbons (Fsp3) is 0.842. The van der Waals surface area contributed by atoms with E-state index >= 15 is 0 Å². The third-order valence-electron chi connectivity index (χ3n) is 7.00. The Kier molecular flexibility index (Phi) is 3.91. The van der Waals surface area contributed by atoms with Crippen molar-refractivity contribution < 1.29 is 14.6 Å². The van der Waals surface area contributed by atoms with Crippen LogP contribution >= 0.6 is 0 Å². The lowest BCUT2D eigenvalue weighted by Crippen LogP contribution is -2.63. The molecule has 0 aromatic rings. The van der Waals surface area contributed by atoms with E-state index in [1.807, 2.05) is 26.8 Å². The first-order chi connectivity index (χ1) is 10.4. The molecule has 1 N–H and O–H groups in total. The molecule has 6 atom stereocenters. The zero-order valence-corrected chi connectivity index (χ0v) is 14.2. The first-order valence-corrected chi connectivity index (χ1v) is 8.85. The number of ether oxygens (including phenoxy) is 1. The summed E-state index contributed by atoms with van der Waals surface area (Å²) in [5, 5.41) is 9.89. The van der Waals surface area contributed by atoms with Gasteiger partial charge in [-0.05, 0) is 69.8 Å². The summed E-state index contributed by atoms with van der Waals surface area (Å²) in [6, 6.07) is 0. The minimum Gasteiger partial charge on any atom is -0.454 e. The van der Waals surface area contributed by atoms with Gasteiger partial charge >= 0.3 is 5.97 Å². The van der Waals surface area contributed by atoms with Crippen LogP contribution in [0.1, 0.15) is 52.9 Å². The summed E-state index contributed by atoms with van der Waals surface area (Å²) < 4.78 is 6.18. The molecule has 3 heteroatoms. The van der Waals surface area contributed by atoms with E-state index in [0.717, 1.165) is 31.6 Å². The number of aliphatic hydroxyl groups excluding tert-OH is 1. The van der Waals surface area contributed by atoms with Crippen molar-refractivity contribution in [3.05, 3.63) is 12.7 Å². The van der Waals surface area contributed by atoms with E-state index in [4.69, 9.17) is 4.74 Å². The van der Waals surface area contributed by atoms with Crippen molar-refractivity contribution in [3.8, 4) is 0 Å². The Morgan fingerprint density at radius 2 is 2.09 bits per heavy atom. The van der Waals surface area contributed by atoms with E-state index in [9.17, 15) is 9.90 Å². The van der Waals surface area contributed by atoms with Gasteiger partial charge in [-0.15, -0.1) is 0 Å². The zero-order chi connectivity index (χ0) is 16.1. The Labute approximate surface area is 134 Å². The Morgan fingerprint density at radius 1 is 1.36 bits per heavy atom. The molecule has 0 aliphatic heterocycles. The number of esters is 1. The molecule has 4 rings (SSSR count). The van der Waals surface area contributed by atoms with Crippen LogP contribution in [0.15, 0.2) is 12.7 Å². The monoisotopic (exact) mass is 306 g/mol. The molecule has 4 aliphatic rings. The average molecular weight is 306 g/mol. The van der Waals surface area contributed by atoms with Gasteiger partial charge in [0.05, 0.1) is 5.41 Å². The van der Waals surface area contributed by atoms with E-state index in [-0.39, 0.29) is 24.4 Å². The first kappa shape index (κ1) is 16.0. The zero-order valence-electron chi connectivity index (χ0n) is 14.2. The molecule has 0 amide bonds. The Hall–Kier alpha value is -0.830. The predicted molar refractivity (Wildman–Crippen MR) is 86.1 cm³/mol. The summed E-state index contributed by atoms with van der Waals surface area (Å²) in [7, 11) is 0. The highest BCUT2D eigenvalue weighted by Gasteiger charge is 2.62. The molecule has 124 valence electrons. The maximum atomic E-state index is 12.7. The maximum absolute atomic E-state index is 12.7. The molecular formula is C19H30O3. The number of carbonyl (C=O) groups is 1. The summed E-state index contributed by atoms with van der Waals surface area (Å²) >= 11 is 0. The van der Waals surface area contributed by atoms with E-state index < -0.39 is 11.0 Å². The van der Waals surface area contributed by atoms with Gasteiger partial charge < -0.3 is 9.84 Å².